The van der Waals surface area contributed by atoms with Crippen molar-refractivity contribution in [2.24, 2.45) is 5.92 Å². The lowest BCUT2D eigenvalue weighted by molar-refractivity contribution is 0.0977. The molecule has 1 saturated heterocycles. The van der Waals surface area contributed by atoms with Crippen LogP contribution in [0.5, 0.6) is 5.75 Å². The van der Waals surface area contributed by atoms with Gasteiger partial charge in [0, 0.05) is 12.6 Å². The van der Waals surface area contributed by atoms with Crippen LogP contribution < -0.4 is 9.46 Å². The molecule has 0 unspecified atom stereocenters. The molecule has 8 heteroatoms. The number of carbonyl (C=O) groups is 1. The number of carbonyl (C=O) groups excluding carboxylic acids is 1. The third-order valence-electron chi connectivity index (χ3n) is 6.35. The molecule has 0 aromatic heterocycles. The van der Waals surface area contributed by atoms with Crippen molar-refractivity contribution in [3.8, 4) is 5.75 Å². The molecule has 1 saturated carbocycles. The van der Waals surface area contributed by atoms with Crippen LogP contribution in [0.2, 0.25) is 0 Å². The highest BCUT2D eigenvalue weighted by Gasteiger charge is 2.30. The highest BCUT2D eigenvalue weighted by molar-refractivity contribution is 7.89. The third-order valence-corrected chi connectivity index (χ3v) is 6.90. The van der Waals surface area contributed by atoms with Crippen LogP contribution in [-0.4, -0.2) is 45.2 Å². The average Bonchev–Trinajstić information content (AvgIpc) is 3.59. The molecule has 2 aromatic carbocycles. The number of hydrogen-bond donors (Lipinski definition) is 1. The molecule has 1 aliphatic heterocycles. The van der Waals surface area contributed by atoms with Gasteiger partial charge in [0.05, 0.1) is 18.4 Å². The fraction of sp³-hybridized carbons (Fsp3) is 0.480. The van der Waals surface area contributed by atoms with E-state index in [1.54, 1.807) is 0 Å². The fourth-order valence-corrected chi connectivity index (χ4v) is 4.72. The number of hydrogen-bond acceptors (Lipinski definition) is 5. The van der Waals surface area contributed by atoms with Gasteiger partial charge in [-0.3, -0.25) is 9.69 Å². The topological polar surface area (TPSA) is 75.7 Å². The van der Waals surface area contributed by atoms with Gasteiger partial charge >= 0.3 is 0 Å². The first-order valence-corrected chi connectivity index (χ1v) is 13.3. The quantitative estimate of drug-likeness (QED) is 0.626. The number of likely N-dealkylation sites (tertiary alicyclic amines) is 1. The van der Waals surface area contributed by atoms with Gasteiger partial charge in [0.2, 0.25) is 10.0 Å². The summed E-state index contributed by atoms with van der Waals surface area (Å²) in [6.07, 6.45) is 4.80. The first-order chi connectivity index (χ1) is 15.7. The van der Waals surface area contributed by atoms with Crippen LogP contribution in [0.1, 0.15) is 58.6 Å². The van der Waals surface area contributed by atoms with E-state index < -0.39 is 21.7 Å². The zero-order valence-electron chi connectivity index (χ0n) is 19.1. The molecule has 0 bridgehead atoms. The Morgan fingerprint density at radius 2 is 1.79 bits per heavy atom. The number of aryl methyl sites for hydroxylation is 1. The van der Waals surface area contributed by atoms with Crippen LogP contribution in [0.3, 0.4) is 0 Å². The maximum atomic E-state index is 14.6. The maximum absolute atomic E-state index is 14.6. The summed E-state index contributed by atoms with van der Waals surface area (Å²) in [6.45, 7) is 5.54. The number of amides is 1. The van der Waals surface area contributed by atoms with Gasteiger partial charge in [-0.15, -0.1) is 0 Å². The van der Waals surface area contributed by atoms with Gasteiger partial charge in [-0.1, -0.05) is 29.8 Å². The van der Waals surface area contributed by atoms with Crippen LogP contribution in [0, 0.1) is 18.7 Å². The number of rotatable bonds is 8. The van der Waals surface area contributed by atoms with Crippen LogP contribution in [0.4, 0.5) is 4.39 Å². The zero-order chi connectivity index (χ0) is 23.6. The maximum Gasteiger partial charge on any atom is 0.267 e. The predicted octanol–water partition coefficient (Wildman–Crippen LogP) is 3.99. The number of piperidine rings is 1. The van der Waals surface area contributed by atoms with Crippen LogP contribution in [-0.2, 0) is 16.6 Å². The largest absolute Gasteiger partial charge is 0.493 e. The Morgan fingerprint density at radius 1 is 1.12 bits per heavy atom. The molecule has 1 aliphatic carbocycles. The molecular formula is C25H31FN2O4S. The first-order valence-electron chi connectivity index (χ1n) is 11.4. The summed E-state index contributed by atoms with van der Waals surface area (Å²) >= 11 is 0. The second-order valence-electron chi connectivity index (χ2n) is 9.36. The van der Waals surface area contributed by atoms with Gasteiger partial charge in [0.25, 0.3) is 5.91 Å². The van der Waals surface area contributed by atoms with E-state index in [2.05, 4.69) is 36.1 Å². The summed E-state index contributed by atoms with van der Waals surface area (Å²) in [5.74, 6) is -0.648. The number of benzene rings is 2. The molecular weight excluding hydrogens is 443 g/mol. The molecule has 2 fully saturated rings. The Balaban J connectivity index is 1.35. The summed E-state index contributed by atoms with van der Waals surface area (Å²) < 4.78 is 45.3. The van der Waals surface area contributed by atoms with Crippen LogP contribution in [0.25, 0.3) is 0 Å². The average molecular weight is 475 g/mol. The summed E-state index contributed by atoms with van der Waals surface area (Å²) in [5.41, 5.74) is 3.10. The van der Waals surface area contributed by atoms with Gasteiger partial charge in [0.1, 0.15) is 11.6 Å². The van der Waals surface area contributed by atoms with E-state index in [0.29, 0.717) is 18.3 Å². The molecule has 0 spiro atoms. The third kappa shape index (κ3) is 6.54. The Hall–Kier alpha value is -2.45. The minimum Gasteiger partial charge on any atom is -0.493 e. The molecule has 6 nitrogen and oxygen atoms in total. The van der Waals surface area contributed by atoms with E-state index in [1.165, 1.54) is 23.3 Å². The lowest BCUT2D eigenvalue weighted by Crippen LogP contribution is -2.35. The van der Waals surface area contributed by atoms with Crippen molar-refractivity contribution in [2.75, 3.05) is 26.0 Å². The second-order valence-corrected chi connectivity index (χ2v) is 11.1. The molecule has 4 rings (SSSR count). The van der Waals surface area contributed by atoms with E-state index in [-0.39, 0.29) is 11.5 Å². The molecule has 1 heterocycles. The number of nitrogens with zero attached hydrogens (tertiary/aromatic N) is 1. The molecule has 178 valence electrons. The smallest absolute Gasteiger partial charge is 0.267 e. The van der Waals surface area contributed by atoms with Gasteiger partial charge in [-0.05, 0) is 74.7 Å². The molecule has 2 aliphatic rings. The Morgan fingerprint density at radius 3 is 2.39 bits per heavy atom. The van der Waals surface area contributed by atoms with E-state index >= 15 is 0 Å². The van der Waals surface area contributed by atoms with Gasteiger partial charge in [-0.2, -0.15) is 0 Å². The Bertz CT molecular complexity index is 1110. The number of halogens is 1. The number of nitrogens with one attached hydrogen (secondary N) is 1. The highest BCUT2D eigenvalue weighted by atomic mass is 32.2. The van der Waals surface area contributed by atoms with E-state index in [4.69, 9.17) is 4.74 Å². The molecule has 33 heavy (non-hydrogen) atoms. The van der Waals surface area contributed by atoms with Gasteiger partial charge in [0.15, 0.2) is 0 Å². The number of ether oxygens (including phenoxy) is 1. The fourth-order valence-electron chi connectivity index (χ4n) is 4.28. The predicted molar refractivity (Wildman–Crippen MR) is 125 cm³/mol. The minimum atomic E-state index is -3.77. The van der Waals surface area contributed by atoms with Crippen molar-refractivity contribution in [3.05, 3.63) is 64.5 Å². The normalized spacial score (nSPS) is 17.7. The monoisotopic (exact) mass is 474 g/mol. The SMILES string of the molecule is Cc1ccc(CN2CCC(COc3cc(F)c(C(=O)NS(C)(=O)=O)cc3C3CC3)CC2)cc1. The summed E-state index contributed by atoms with van der Waals surface area (Å²) in [5, 5.41) is 0. The highest BCUT2D eigenvalue weighted by Crippen LogP contribution is 2.45. The first kappa shape index (κ1) is 23.7. The van der Waals surface area contributed by atoms with E-state index in [9.17, 15) is 17.6 Å². The number of sulfonamides is 1. The van der Waals surface area contributed by atoms with Crippen molar-refractivity contribution < 1.29 is 22.3 Å². The van der Waals surface area contributed by atoms with Crippen molar-refractivity contribution in [3.63, 3.8) is 0 Å². The van der Waals surface area contributed by atoms with Gasteiger partial charge in [-0.25, -0.2) is 17.5 Å². The Labute approximate surface area is 195 Å². The molecule has 1 amide bonds. The summed E-state index contributed by atoms with van der Waals surface area (Å²) in [6, 6.07) is 11.3. The van der Waals surface area contributed by atoms with Crippen LogP contribution >= 0.6 is 0 Å². The summed E-state index contributed by atoms with van der Waals surface area (Å²) in [4.78, 5) is 14.6. The molecule has 2 aromatic rings. The lowest BCUT2D eigenvalue weighted by atomic mass is 9.97. The Kier molecular flexibility index (Phi) is 7.05. The van der Waals surface area contributed by atoms with Crippen molar-refractivity contribution in [2.45, 2.75) is 45.1 Å². The van der Waals surface area contributed by atoms with E-state index in [1.807, 2.05) is 4.72 Å². The minimum absolute atomic E-state index is 0.224. The summed E-state index contributed by atoms with van der Waals surface area (Å²) in [7, 11) is -3.77. The van der Waals surface area contributed by atoms with Crippen molar-refractivity contribution >= 4 is 15.9 Å². The van der Waals surface area contributed by atoms with Crippen LogP contribution in [0.15, 0.2) is 36.4 Å². The van der Waals surface area contributed by atoms with E-state index in [0.717, 1.165) is 57.1 Å². The lowest BCUT2D eigenvalue weighted by Gasteiger charge is -2.32. The molecule has 0 atom stereocenters. The van der Waals surface area contributed by atoms with Crippen molar-refractivity contribution in [1.82, 2.24) is 9.62 Å². The van der Waals surface area contributed by atoms with Crippen molar-refractivity contribution in [1.29, 1.82) is 0 Å². The molecule has 0 radical (unpaired) electrons. The standard InChI is InChI=1S/C25H31FN2O4S/c1-17-3-5-18(6-4-17)15-28-11-9-19(10-12-28)16-32-24-14-23(26)22(13-21(24)20-7-8-20)25(29)27-33(2,30)31/h3-6,13-14,19-20H,7-12,15-16H2,1-2H3,(H,27,29). The van der Waals surface area contributed by atoms with Gasteiger partial charge < -0.3 is 4.74 Å². The second kappa shape index (κ2) is 9.81. The zero-order valence-corrected chi connectivity index (χ0v) is 20.0. The molecule has 1 N–H and O–H groups in total.